The largest absolute Gasteiger partial charge is 0.452 e. The van der Waals surface area contributed by atoms with Gasteiger partial charge in [0, 0.05) is 5.69 Å². The molecule has 29 heavy (non-hydrogen) atoms. The smallest absolute Gasteiger partial charge is 0.416 e. The van der Waals surface area contributed by atoms with Crippen LogP contribution in [0.25, 0.3) is 0 Å². The minimum atomic E-state index is -4.53. The molecular weight excluding hydrogens is 420 g/mol. The van der Waals surface area contributed by atoms with Crippen LogP contribution in [0.4, 0.5) is 23.2 Å². The highest BCUT2D eigenvalue weighted by molar-refractivity contribution is 7.89. The third-order valence-corrected chi connectivity index (χ3v) is 4.98. The summed E-state index contributed by atoms with van der Waals surface area (Å²) in [6.07, 6.45) is -4.53. The molecule has 7 nitrogen and oxygen atoms in total. The van der Waals surface area contributed by atoms with Gasteiger partial charge in [0.15, 0.2) is 6.61 Å². The summed E-state index contributed by atoms with van der Waals surface area (Å²) in [4.78, 5) is 23.4. The molecular formula is C17H14F4N2O5S. The molecule has 2 aromatic rings. The maximum Gasteiger partial charge on any atom is 0.416 e. The number of carbonyl (C=O) groups is 2. The molecule has 0 aliphatic rings. The van der Waals surface area contributed by atoms with Crippen LogP contribution < -0.4 is 10.0 Å². The van der Waals surface area contributed by atoms with Gasteiger partial charge in [-0.25, -0.2) is 22.3 Å². The first-order valence-electron chi connectivity index (χ1n) is 7.81. The summed E-state index contributed by atoms with van der Waals surface area (Å²) in [5, 5.41) is 2.20. The van der Waals surface area contributed by atoms with Crippen LogP contribution in [0.15, 0.2) is 47.4 Å². The van der Waals surface area contributed by atoms with Gasteiger partial charge < -0.3 is 10.1 Å². The van der Waals surface area contributed by atoms with E-state index in [1.54, 1.807) is 0 Å². The summed E-state index contributed by atoms with van der Waals surface area (Å²) in [5.41, 5.74) is -1.59. The number of hydrogen-bond acceptors (Lipinski definition) is 5. The van der Waals surface area contributed by atoms with Crippen LogP contribution in [0.5, 0.6) is 0 Å². The first-order chi connectivity index (χ1) is 13.4. The number of benzene rings is 2. The number of anilines is 1. The average molecular weight is 434 g/mol. The molecule has 0 saturated heterocycles. The van der Waals surface area contributed by atoms with E-state index in [2.05, 4.69) is 10.1 Å². The molecule has 0 fully saturated rings. The van der Waals surface area contributed by atoms with E-state index in [9.17, 15) is 35.6 Å². The van der Waals surface area contributed by atoms with Crippen molar-refractivity contribution in [2.24, 2.45) is 0 Å². The Kier molecular flexibility index (Phi) is 6.59. The lowest BCUT2D eigenvalue weighted by molar-refractivity contribution is -0.137. The Labute approximate surface area is 162 Å². The number of rotatable bonds is 6. The predicted octanol–water partition coefficient (Wildman–Crippen LogP) is 2.55. The van der Waals surface area contributed by atoms with Gasteiger partial charge in [-0.05, 0) is 49.5 Å². The zero-order valence-electron chi connectivity index (χ0n) is 14.7. The Hall–Kier alpha value is -2.99. The Morgan fingerprint density at radius 3 is 2.24 bits per heavy atom. The number of esters is 1. The molecule has 0 bridgehead atoms. The van der Waals surface area contributed by atoms with Crippen molar-refractivity contribution in [2.45, 2.75) is 11.1 Å². The SMILES string of the molecule is CNS(=O)(=O)c1ccc(F)c(C(=O)OCC(=O)Nc2ccc(C(F)(F)F)cc2)c1. The van der Waals surface area contributed by atoms with E-state index in [1.165, 1.54) is 0 Å². The van der Waals surface area contributed by atoms with Crippen molar-refractivity contribution in [1.82, 2.24) is 4.72 Å². The molecule has 0 aromatic heterocycles. The van der Waals surface area contributed by atoms with Crippen LogP contribution in [-0.2, 0) is 25.7 Å². The number of amides is 1. The Morgan fingerprint density at radius 2 is 1.69 bits per heavy atom. The maximum atomic E-state index is 13.8. The van der Waals surface area contributed by atoms with Crippen LogP contribution in [0.1, 0.15) is 15.9 Å². The predicted molar refractivity (Wildman–Crippen MR) is 93.0 cm³/mol. The number of sulfonamides is 1. The van der Waals surface area contributed by atoms with Crippen molar-refractivity contribution in [3.63, 3.8) is 0 Å². The second kappa shape index (κ2) is 8.57. The van der Waals surface area contributed by atoms with Crippen LogP contribution in [0.2, 0.25) is 0 Å². The number of ether oxygens (including phenoxy) is 1. The van der Waals surface area contributed by atoms with E-state index < -0.39 is 51.6 Å². The van der Waals surface area contributed by atoms with Crippen molar-refractivity contribution >= 4 is 27.6 Å². The molecule has 1 amide bonds. The summed E-state index contributed by atoms with van der Waals surface area (Å²) in [5.74, 6) is -3.25. The first kappa shape index (κ1) is 22.3. The zero-order chi connectivity index (χ0) is 21.8. The van der Waals surface area contributed by atoms with Crippen LogP contribution in [0, 0.1) is 5.82 Å². The van der Waals surface area contributed by atoms with Gasteiger partial charge in [-0.15, -0.1) is 0 Å². The van der Waals surface area contributed by atoms with Crippen LogP contribution >= 0.6 is 0 Å². The van der Waals surface area contributed by atoms with Crippen molar-refractivity contribution in [3.8, 4) is 0 Å². The van der Waals surface area contributed by atoms with E-state index in [0.29, 0.717) is 0 Å². The van der Waals surface area contributed by atoms with Crippen molar-refractivity contribution in [1.29, 1.82) is 0 Å². The molecule has 0 heterocycles. The fraction of sp³-hybridized carbons (Fsp3) is 0.176. The zero-order valence-corrected chi connectivity index (χ0v) is 15.5. The maximum absolute atomic E-state index is 13.8. The average Bonchev–Trinajstić information content (AvgIpc) is 2.66. The highest BCUT2D eigenvalue weighted by Gasteiger charge is 2.30. The van der Waals surface area contributed by atoms with E-state index in [0.717, 1.165) is 49.5 Å². The molecule has 0 radical (unpaired) electrons. The monoisotopic (exact) mass is 434 g/mol. The lowest BCUT2D eigenvalue weighted by Crippen LogP contribution is -2.22. The fourth-order valence-corrected chi connectivity index (χ4v) is 2.85. The Balaban J connectivity index is 2.02. The molecule has 2 aromatic carbocycles. The van der Waals surface area contributed by atoms with Gasteiger partial charge in [0.1, 0.15) is 5.82 Å². The molecule has 0 spiro atoms. The number of alkyl halides is 3. The molecule has 0 aliphatic carbocycles. The first-order valence-corrected chi connectivity index (χ1v) is 9.29. The number of nitrogens with one attached hydrogen (secondary N) is 2. The molecule has 2 N–H and O–H groups in total. The summed E-state index contributed by atoms with van der Waals surface area (Å²) >= 11 is 0. The topological polar surface area (TPSA) is 102 Å². The lowest BCUT2D eigenvalue weighted by atomic mass is 10.2. The molecule has 156 valence electrons. The normalized spacial score (nSPS) is 11.8. The second-order valence-electron chi connectivity index (χ2n) is 5.55. The van der Waals surface area contributed by atoms with E-state index in [1.807, 2.05) is 4.72 Å². The van der Waals surface area contributed by atoms with Crippen LogP contribution in [-0.4, -0.2) is 33.9 Å². The van der Waals surface area contributed by atoms with E-state index >= 15 is 0 Å². The number of carbonyl (C=O) groups excluding carboxylic acids is 2. The van der Waals surface area contributed by atoms with Crippen molar-refractivity contribution in [2.75, 3.05) is 19.0 Å². The van der Waals surface area contributed by atoms with Gasteiger partial charge >= 0.3 is 12.1 Å². The van der Waals surface area contributed by atoms with Gasteiger partial charge in [0.25, 0.3) is 5.91 Å². The molecule has 0 aliphatic heterocycles. The Morgan fingerprint density at radius 1 is 1.07 bits per heavy atom. The van der Waals surface area contributed by atoms with Crippen molar-refractivity contribution < 1.29 is 40.3 Å². The molecule has 12 heteroatoms. The highest BCUT2D eigenvalue weighted by atomic mass is 32.2. The molecule has 0 saturated carbocycles. The van der Waals surface area contributed by atoms with Gasteiger partial charge in [0.05, 0.1) is 16.0 Å². The van der Waals surface area contributed by atoms with Crippen LogP contribution in [0.3, 0.4) is 0 Å². The summed E-state index contributed by atoms with van der Waals surface area (Å²) in [7, 11) is -2.81. The summed E-state index contributed by atoms with van der Waals surface area (Å²) in [6, 6.07) is 5.97. The summed E-state index contributed by atoms with van der Waals surface area (Å²) < 4.78 is 81.4. The summed E-state index contributed by atoms with van der Waals surface area (Å²) in [6.45, 7) is -0.873. The lowest BCUT2D eigenvalue weighted by Gasteiger charge is -2.10. The van der Waals surface area contributed by atoms with Gasteiger partial charge in [-0.2, -0.15) is 13.2 Å². The molecule has 0 unspecified atom stereocenters. The fourth-order valence-electron chi connectivity index (χ4n) is 2.09. The third kappa shape index (κ3) is 5.74. The number of hydrogen-bond donors (Lipinski definition) is 2. The van der Waals surface area contributed by atoms with E-state index in [-0.39, 0.29) is 10.6 Å². The minimum Gasteiger partial charge on any atom is -0.452 e. The molecule has 0 atom stereocenters. The second-order valence-corrected chi connectivity index (χ2v) is 7.44. The highest BCUT2D eigenvalue weighted by Crippen LogP contribution is 2.29. The quantitative estimate of drug-likeness (QED) is 0.538. The number of halogens is 4. The van der Waals surface area contributed by atoms with Crippen molar-refractivity contribution in [3.05, 3.63) is 59.4 Å². The standard InChI is InChI=1S/C17H14F4N2O5S/c1-22-29(26,27)12-6-7-14(18)13(8-12)16(25)28-9-15(24)23-11-4-2-10(3-5-11)17(19,20)21/h2-8,22H,9H2,1H3,(H,23,24). The van der Waals surface area contributed by atoms with Gasteiger partial charge in [-0.1, -0.05) is 0 Å². The molecule has 2 rings (SSSR count). The minimum absolute atomic E-state index is 0.0207. The van der Waals surface area contributed by atoms with Gasteiger partial charge in [-0.3, -0.25) is 4.79 Å². The van der Waals surface area contributed by atoms with E-state index in [4.69, 9.17) is 0 Å². The third-order valence-electron chi connectivity index (χ3n) is 3.57. The van der Waals surface area contributed by atoms with Gasteiger partial charge in [0.2, 0.25) is 10.0 Å². The Bertz CT molecular complexity index is 1020.